The van der Waals surface area contributed by atoms with Crippen molar-refractivity contribution in [1.29, 1.82) is 0 Å². The van der Waals surface area contributed by atoms with Crippen molar-refractivity contribution in [3.8, 4) is 5.75 Å². The summed E-state index contributed by atoms with van der Waals surface area (Å²) >= 11 is 0. The third-order valence-electron chi connectivity index (χ3n) is 4.04. The van der Waals surface area contributed by atoms with Crippen LogP contribution in [0.15, 0.2) is 54.7 Å². The quantitative estimate of drug-likeness (QED) is 0.728. The normalized spacial score (nSPS) is 12.1. The predicted octanol–water partition coefficient (Wildman–Crippen LogP) is 3.60. The van der Waals surface area contributed by atoms with Gasteiger partial charge in [-0.3, -0.25) is 4.79 Å². The Balaban J connectivity index is 1.53. The van der Waals surface area contributed by atoms with Crippen LogP contribution in [0.3, 0.4) is 0 Å². The Kier molecular flexibility index (Phi) is 4.85. The van der Waals surface area contributed by atoms with Crippen LogP contribution in [0.2, 0.25) is 0 Å². The zero-order chi connectivity index (χ0) is 16.9. The van der Waals surface area contributed by atoms with E-state index in [4.69, 9.17) is 4.74 Å². The van der Waals surface area contributed by atoms with E-state index in [9.17, 15) is 4.79 Å². The van der Waals surface area contributed by atoms with Gasteiger partial charge in [0, 0.05) is 23.6 Å². The maximum Gasteiger partial charge on any atom is 0.260 e. The maximum atomic E-state index is 12.1. The summed E-state index contributed by atoms with van der Waals surface area (Å²) < 4.78 is 5.63. The van der Waals surface area contributed by atoms with E-state index < -0.39 is 6.10 Å². The molecule has 3 rings (SSSR count). The average molecular weight is 322 g/mol. The first-order chi connectivity index (χ1) is 11.6. The zero-order valence-corrected chi connectivity index (χ0v) is 14.0. The number of H-pyrrole nitrogens is 1. The van der Waals surface area contributed by atoms with Crippen LogP contribution >= 0.6 is 0 Å². The van der Waals surface area contributed by atoms with Gasteiger partial charge in [-0.2, -0.15) is 0 Å². The van der Waals surface area contributed by atoms with Crippen LogP contribution in [-0.2, 0) is 11.2 Å². The summed E-state index contributed by atoms with van der Waals surface area (Å²) in [7, 11) is 0. The Hall–Kier alpha value is -2.75. The predicted molar refractivity (Wildman–Crippen MR) is 96.3 cm³/mol. The molecular formula is C20H22N2O2. The first-order valence-corrected chi connectivity index (χ1v) is 8.19. The fourth-order valence-electron chi connectivity index (χ4n) is 2.72. The molecule has 1 aromatic heterocycles. The first-order valence-electron chi connectivity index (χ1n) is 8.19. The number of aromatic nitrogens is 1. The molecule has 124 valence electrons. The van der Waals surface area contributed by atoms with Crippen molar-refractivity contribution in [2.75, 3.05) is 6.54 Å². The van der Waals surface area contributed by atoms with Crippen molar-refractivity contribution in [2.45, 2.75) is 26.4 Å². The molecule has 3 aromatic rings. The number of hydrogen-bond donors (Lipinski definition) is 2. The summed E-state index contributed by atoms with van der Waals surface area (Å²) in [6, 6.07) is 15.7. The molecule has 0 aliphatic carbocycles. The molecule has 0 saturated heterocycles. The van der Waals surface area contributed by atoms with Gasteiger partial charge in [0.25, 0.3) is 5.91 Å². The second-order valence-electron chi connectivity index (χ2n) is 5.98. The van der Waals surface area contributed by atoms with Gasteiger partial charge >= 0.3 is 0 Å². The Morgan fingerprint density at radius 2 is 2.00 bits per heavy atom. The first kappa shape index (κ1) is 16.1. The van der Waals surface area contributed by atoms with E-state index in [1.165, 1.54) is 16.5 Å². The number of para-hydroxylation sites is 1. The number of ether oxygens (including phenoxy) is 1. The minimum atomic E-state index is -0.516. The summed E-state index contributed by atoms with van der Waals surface area (Å²) in [5.74, 6) is 0.599. The Morgan fingerprint density at radius 1 is 1.21 bits per heavy atom. The highest BCUT2D eigenvalue weighted by atomic mass is 16.5. The standard InChI is InChI=1S/C20H22N2O2/c1-14-8-9-19-18(12-14)16(13-22-19)10-11-21-20(23)15(2)24-17-6-4-3-5-7-17/h3-9,12-13,15,22H,10-11H2,1-2H3,(H,21,23)/t15-/m1/s1. The Bertz CT molecular complexity index is 824. The summed E-state index contributed by atoms with van der Waals surface area (Å²) in [5, 5.41) is 4.16. The number of aryl methyl sites for hydroxylation is 1. The van der Waals surface area contributed by atoms with Gasteiger partial charge in [-0.25, -0.2) is 0 Å². The van der Waals surface area contributed by atoms with Crippen molar-refractivity contribution < 1.29 is 9.53 Å². The van der Waals surface area contributed by atoms with Crippen LogP contribution in [0.1, 0.15) is 18.1 Å². The lowest BCUT2D eigenvalue weighted by molar-refractivity contribution is -0.127. The SMILES string of the molecule is Cc1ccc2[nH]cc(CCNC(=O)[C@@H](C)Oc3ccccc3)c2c1. The number of fused-ring (bicyclic) bond motifs is 1. The number of aromatic amines is 1. The fraction of sp³-hybridized carbons (Fsp3) is 0.250. The van der Waals surface area contributed by atoms with Gasteiger partial charge in [-0.05, 0) is 50.1 Å². The van der Waals surface area contributed by atoms with Crippen molar-refractivity contribution in [3.63, 3.8) is 0 Å². The van der Waals surface area contributed by atoms with Crippen LogP contribution < -0.4 is 10.1 Å². The van der Waals surface area contributed by atoms with Crippen LogP contribution in [-0.4, -0.2) is 23.5 Å². The topological polar surface area (TPSA) is 54.1 Å². The number of carbonyl (C=O) groups is 1. The average Bonchev–Trinajstić information content (AvgIpc) is 2.98. The summed E-state index contributed by atoms with van der Waals surface area (Å²) in [6.45, 7) is 4.43. The van der Waals surface area contributed by atoms with Gasteiger partial charge < -0.3 is 15.0 Å². The second kappa shape index (κ2) is 7.21. The molecule has 0 saturated carbocycles. The molecule has 0 aliphatic heterocycles. The minimum absolute atomic E-state index is 0.102. The van der Waals surface area contributed by atoms with Crippen LogP contribution in [0.4, 0.5) is 0 Å². The molecule has 1 amide bonds. The number of carbonyl (C=O) groups excluding carboxylic acids is 1. The molecule has 0 unspecified atom stereocenters. The number of amides is 1. The van der Waals surface area contributed by atoms with Gasteiger partial charge in [0.2, 0.25) is 0 Å². The van der Waals surface area contributed by atoms with Gasteiger partial charge in [0.15, 0.2) is 6.10 Å². The molecule has 0 bridgehead atoms. The molecule has 1 atom stereocenters. The van der Waals surface area contributed by atoms with Crippen LogP contribution in [0.5, 0.6) is 5.75 Å². The monoisotopic (exact) mass is 322 g/mol. The highest BCUT2D eigenvalue weighted by Gasteiger charge is 2.14. The molecule has 0 aliphatic rings. The molecule has 2 aromatic carbocycles. The largest absolute Gasteiger partial charge is 0.481 e. The van der Waals surface area contributed by atoms with Gasteiger partial charge in [0.1, 0.15) is 5.75 Å². The van der Waals surface area contributed by atoms with Crippen LogP contribution in [0.25, 0.3) is 10.9 Å². The third-order valence-corrected chi connectivity index (χ3v) is 4.04. The Labute approximate surface area is 141 Å². The molecule has 4 heteroatoms. The van der Waals surface area contributed by atoms with Crippen molar-refractivity contribution in [2.24, 2.45) is 0 Å². The number of benzene rings is 2. The van der Waals surface area contributed by atoms with Crippen LogP contribution in [0, 0.1) is 6.92 Å². The van der Waals surface area contributed by atoms with E-state index in [-0.39, 0.29) is 5.91 Å². The van der Waals surface area contributed by atoms with Crippen molar-refractivity contribution >= 4 is 16.8 Å². The van der Waals surface area contributed by atoms with E-state index >= 15 is 0 Å². The highest BCUT2D eigenvalue weighted by Crippen LogP contribution is 2.19. The van der Waals surface area contributed by atoms with Gasteiger partial charge in [-0.1, -0.05) is 29.8 Å². The molecule has 24 heavy (non-hydrogen) atoms. The minimum Gasteiger partial charge on any atom is -0.481 e. The molecule has 2 N–H and O–H groups in total. The Morgan fingerprint density at radius 3 is 2.79 bits per heavy atom. The summed E-state index contributed by atoms with van der Waals surface area (Å²) in [4.78, 5) is 15.4. The lowest BCUT2D eigenvalue weighted by atomic mass is 10.1. The highest BCUT2D eigenvalue weighted by molar-refractivity contribution is 5.84. The van der Waals surface area contributed by atoms with Crippen molar-refractivity contribution in [3.05, 3.63) is 65.9 Å². The lowest BCUT2D eigenvalue weighted by Crippen LogP contribution is -2.37. The molecule has 1 heterocycles. The molecule has 0 fully saturated rings. The number of rotatable bonds is 6. The maximum absolute atomic E-state index is 12.1. The van der Waals surface area contributed by atoms with E-state index in [0.29, 0.717) is 12.3 Å². The number of nitrogens with one attached hydrogen (secondary N) is 2. The summed E-state index contributed by atoms with van der Waals surface area (Å²) in [5.41, 5.74) is 3.57. The van der Waals surface area contributed by atoms with Crippen molar-refractivity contribution in [1.82, 2.24) is 10.3 Å². The molecule has 4 nitrogen and oxygen atoms in total. The van der Waals surface area contributed by atoms with Gasteiger partial charge in [0.05, 0.1) is 0 Å². The molecule has 0 spiro atoms. The zero-order valence-electron chi connectivity index (χ0n) is 14.0. The summed E-state index contributed by atoms with van der Waals surface area (Å²) in [6.07, 6.45) is 2.28. The third kappa shape index (κ3) is 3.77. The lowest BCUT2D eigenvalue weighted by Gasteiger charge is -2.14. The molecule has 0 radical (unpaired) electrons. The smallest absolute Gasteiger partial charge is 0.260 e. The molecular weight excluding hydrogens is 300 g/mol. The van der Waals surface area contributed by atoms with E-state index in [1.54, 1.807) is 6.92 Å². The van der Waals surface area contributed by atoms with Gasteiger partial charge in [-0.15, -0.1) is 0 Å². The van der Waals surface area contributed by atoms with E-state index in [0.717, 1.165) is 11.9 Å². The van der Waals surface area contributed by atoms with E-state index in [2.05, 4.69) is 35.4 Å². The number of hydrogen-bond acceptors (Lipinski definition) is 2. The fourth-order valence-corrected chi connectivity index (χ4v) is 2.72. The van der Waals surface area contributed by atoms with E-state index in [1.807, 2.05) is 36.5 Å². The second-order valence-corrected chi connectivity index (χ2v) is 5.98.